The Balaban J connectivity index is 1.70. The summed E-state index contributed by atoms with van der Waals surface area (Å²) in [6, 6.07) is 7.14. The quantitative estimate of drug-likeness (QED) is 0.891. The number of benzene rings is 1. The first kappa shape index (κ1) is 12.2. The lowest BCUT2D eigenvalue weighted by Gasteiger charge is -2.22. The predicted molar refractivity (Wildman–Crippen MR) is 71.4 cm³/mol. The number of hydrogen-bond donors (Lipinski definition) is 2. The Kier molecular flexibility index (Phi) is 3.46. The highest BCUT2D eigenvalue weighted by atomic mass is 19.1. The molecule has 2 heterocycles. The van der Waals surface area contributed by atoms with Crippen molar-refractivity contribution in [2.24, 2.45) is 0 Å². The molecule has 1 aromatic carbocycles. The lowest BCUT2D eigenvalue weighted by atomic mass is 10.1. The molecule has 3 rings (SSSR count). The number of piperidine rings is 1. The average molecular weight is 261 g/mol. The minimum absolute atomic E-state index is 0.253. The molecule has 1 fully saturated rings. The smallest absolute Gasteiger partial charge is 0.295 e. The topological polar surface area (TPSA) is 50.1 Å². The summed E-state index contributed by atoms with van der Waals surface area (Å²) in [6.07, 6.45) is 3.79. The van der Waals surface area contributed by atoms with Gasteiger partial charge in [-0.1, -0.05) is 0 Å². The second-order valence-electron chi connectivity index (χ2n) is 4.71. The number of hydrogen-bond acceptors (Lipinski definition) is 4. The normalized spacial score (nSPS) is 16.5. The zero-order valence-corrected chi connectivity index (χ0v) is 10.5. The van der Waals surface area contributed by atoms with Gasteiger partial charge in [0.2, 0.25) is 0 Å². The van der Waals surface area contributed by atoms with E-state index in [0.29, 0.717) is 17.8 Å². The molecule has 1 aromatic heterocycles. The van der Waals surface area contributed by atoms with E-state index in [1.165, 1.54) is 12.1 Å². The van der Waals surface area contributed by atoms with Gasteiger partial charge in [0, 0.05) is 11.6 Å². The van der Waals surface area contributed by atoms with E-state index in [2.05, 4.69) is 15.6 Å². The largest absolute Gasteiger partial charge is 0.424 e. The fraction of sp³-hybridized carbons (Fsp3) is 0.357. The fourth-order valence-electron chi connectivity index (χ4n) is 2.23. The van der Waals surface area contributed by atoms with Gasteiger partial charge in [-0.25, -0.2) is 9.37 Å². The second kappa shape index (κ2) is 5.40. The maximum atomic E-state index is 12.9. The summed E-state index contributed by atoms with van der Waals surface area (Å²) in [5.74, 6) is 0.396. The van der Waals surface area contributed by atoms with Crippen molar-refractivity contribution in [3.63, 3.8) is 0 Å². The van der Waals surface area contributed by atoms with E-state index in [1.807, 2.05) is 0 Å². The van der Waals surface area contributed by atoms with Gasteiger partial charge in [-0.3, -0.25) is 0 Å². The number of nitrogens with one attached hydrogen (secondary N) is 2. The Morgan fingerprint density at radius 2 is 1.95 bits per heavy atom. The average Bonchev–Trinajstić information content (AvgIpc) is 2.89. The first-order chi connectivity index (χ1) is 9.31. The summed E-state index contributed by atoms with van der Waals surface area (Å²) in [5.41, 5.74) is 0.826. The molecule has 0 spiro atoms. The van der Waals surface area contributed by atoms with E-state index < -0.39 is 0 Å². The van der Waals surface area contributed by atoms with Crippen molar-refractivity contribution in [1.29, 1.82) is 0 Å². The summed E-state index contributed by atoms with van der Waals surface area (Å²) in [4.78, 5) is 4.22. The Hall–Kier alpha value is -1.88. The SMILES string of the molecule is Fc1ccc(-c2cnc(NC3CCNCC3)o2)cc1. The van der Waals surface area contributed by atoms with Gasteiger partial charge in [0.05, 0.1) is 6.20 Å². The summed E-state index contributed by atoms with van der Waals surface area (Å²) < 4.78 is 18.5. The Morgan fingerprint density at radius 3 is 2.68 bits per heavy atom. The van der Waals surface area contributed by atoms with Crippen LogP contribution in [0.25, 0.3) is 11.3 Å². The number of oxazole rings is 1. The minimum Gasteiger partial charge on any atom is -0.424 e. The molecule has 1 aliphatic heterocycles. The molecule has 0 saturated carbocycles. The summed E-state index contributed by atoms with van der Waals surface area (Å²) >= 11 is 0. The molecular weight excluding hydrogens is 245 g/mol. The summed E-state index contributed by atoms with van der Waals surface area (Å²) in [7, 11) is 0. The maximum absolute atomic E-state index is 12.9. The number of rotatable bonds is 3. The van der Waals surface area contributed by atoms with Gasteiger partial charge < -0.3 is 15.1 Å². The van der Waals surface area contributed by atoms with Crippen molar-refractivity contribution >= 4 is 6.01 Å². The highest BCUT2D eigenvalue weighted by Crippen LogP contribution is 2.23. The van der Waals surface area contributed by atoms with Crippen molar-refractivity contribution in [2.75, 3.05) is 18.4 Å². The number of anilines is 1. The van der Waals surface area contributed by atoms with Gasteiger partial charge in [0.15, 0.2) is 5.76 Å². The molecule has 4 nitrogen and oxygen atoms in total. The van der Waals surface area contributed by atoms with Gasteiger partial charge in [0.25, 0.3) is 6.01 Å². The molecule has 19 heavy (non-hydrogen) atoms. The van der Waals surface area contributed by atoms with Crippen LogP contribution in [0.15, 0.2) is 34.9 Å². The van der Waals surface area contributed by atoms with Crippen molar-refractivity contribution in [3.05, 3.63) is 36.3 Å². The van der Waals surface area contributed by atoms with Crippen LogP contribution in [0.2, 0.25) is 0 Å². The standard InChI is InChI=1S/C14H16FN3O/c15-11-3-1-10(2-4-11)13-9-17-14(19-13)18-12-5-7-16-8-6-12/h1-4,9,12,16H,5-8H2,(H,17,18). The Bertz CT molecular complexity index is 532. The molecule has 2 N–H and O–H groups in total. The van der Waals surface area contributed by atoms with Crippen LogP contribution < -0.4 is 10.6 Å². The minimum atomic E-state index is -0.253. The van der Waals surface area contributed by atoms with E-state index in [4.69, 9.17) is 4.42 Å². The van der Waals surface area contributed by atoms with Gasteiger partial charge in [0.1, 0.15) is 5.82 Å². The van der Waals surface area contributed by atoms with Crippen LogP contribution >= 0.6 is 0 Å². The number of nitrogens with zero attached hydrogens (tertiary/aromatic N) is 1. The molecule has 1 aliphatic rings. The molecule has 100 valence electrons. The Labute approximate surface area is 111 Å². The predicted octanol–water partition coefficient (Wildman–Crippen LogP) is 2.64. The highest BCUT2D eigenvalue weighted by Gasteiger charge is 2.15. The van der Waals surface area contributed by atoms with Crippen LogP contribution in [0, 0.1) is 5.82 Å². The molecule has 0 bridgehead atoms. The molecule has 5 heteroatoms. The van der Waals surface area contributed by atoms with Gasteiger partial charge in [-0.2, -0.15) is 0 Å². The van der Waals surface area contributed by atoms with Crippen molar-refractivity contribution in [2.45, 2.75) is 18.9 Å². The lowest BCUT2D eigenvalue weighted by Crippen LogP contribution is -2.35. The van der Waals surface area contributed by atoms with Crippen LogP contribution in [0.4, 0.5) is 10.4 Å². The molecule has 0 amide bonds. The van der Waals surface area contributed by atoms with Crippen molar-refractivity contribution in [1.82, 2.24) is 10.3 Å². The summed E-state index contributed by atoms with van der Waals surface area (Å²) in [6.45, 7) is 2.03. The second-order valence-corrected chi connectivity index (χ2v) is 4.71. The number of halogens is 1. The zero-order valence-electron chi connectivity index (χ0n) is 10.5. The van der Waals surface area contributed by atoms with Gasteiger partial charge in [-0.05, 0) is 50.2 Å². The van der Waals surface area contributed by atoms with Crippen LogP contribution in [-0.4, -0.2) is 24.1 Å². The van der Waals surface area contributed by atoms with E-state index in [1.54, 1.807) is 18.3 Å². The molecule has 2 aromatic rings. The third-order valence-corrected chi connectivity index (χ3v) is 3.30. The Morgan fingerprint density at radius 1 is 1.21 bits per heavy atom. The van der Waals surface area contributed by atoms with Crippen LogP contribution in [0.5, 0.6) is 0 Å². The van der Waals surface area contributed by atoms with Crippen molar-refractivity contribution in [3.8, 4) is 11.3 Å². The van der Waals surface area contributed by atoms with E-state index in [0.717, 1.165) is 31.5 Å². The first-order valence-electron chi connectivity index (χ1n) is 6.50. The van der Waals surface area contributed by atoms with Crippen LogP contribution in [0.3, 0.4) is 0 Å². The summed E-state index contributed by atoms with van der Waals surface area (Å²) in [5, 5.41) is 6.60. The number of aromatic nitrogens is 1. The molecule has 1 saturated heterocycles. The maximum Gasteiger partial charge on any atom is 0.295 e. The molecule has 0 atom stereocenters. The van der Waals surface area contributed by atoms with Gasteiger partial charge >= 0.3 is 0 Å². The third kappa shape index (κ3) is 2.93. The van der Waals surface area contributed by atoms with Crippen LogP contribution in [-0.2, 0) is 0 Å². The van der Waals surface area contributed by atoms with Gasteiger partial charge in [-0.15, -0.1) is 0 Å². The fourth-order valence-corrected chi connectivity index (χ4v) is 2.23. The third-order valence-electron chi connectivity index (χ3n) is 3.30. The lowest BCUT2D eigenvalue weighted by molar-refractivity contribution is 0.464. The molecule has 0 radical (unpaired) electrons. The first-order valence-corrected chi connectivity index (χ1v) is 6.50. The van der Waals surface area contributed by atoms with Crippen LogP contribution in [0.1, 0.15) is 12.8 Å². The molecular formula is C14H16FN3O. The highest BCUT2D eigenvalue weighted by molar-refractivity contribution is 5.57. The monoisotopic (exact) mass is 261 g/mol. The molecule has 0 unspecified atom stereocenters. The van der Waals surface area contributed by atoms with E-state index >= 15 is 0 Å². The molecule has 0 aliphatic carbocycles. The van der Waals surface area contributed by atoms with E-state index in [-0.39, 0.29) is 5.82 Å². The zero-order chi connectivity index (χ0) is 13.1. The van der Waals surface area contributed by atoms with E-state index in [9.17, 15) is 4.39 Å². The van der Waals surface area contributed by atoms with Crippen molar-refractivity contribution < 1.29 is 8.81 Å².